The summed E-state index contributed by atoms with van der Waals surface area (Å²) in [6.45, 7) is 4.50. The van der Waals surface area contributed by atoms with E-state index in [2.05, 4.69) is 38.2 Å². The minimum absolute atomic E-state index is 0.892. The highest BCUT2D eigenvalue weighted by Crippen LogP contribution is 2.34. The van der Waals surface area contributed by atoms with Crippen LogP contribution in [-0.4, -0.2) is 0 Å². The van der Waals surface area contributed by atoms with E-state index in [1.54, 1.807) is 0 Å². The van der Waals surface area contributed by atoms with Crippen molar-refractivity contribution in [2.45, 2.75) is 97.3 Å². The summed E-state index contributed by atoms with van der Waals surface area (Å²) in [4.78, 5) is 0. The van der Waals surface area contributed by atoms with Gasteiger partial charge in [0, 0.05) is 0 Å². The molecule has 0 nitrogen and oxygen atoms in total. The van der Waals surface area contributed by atoms with Gasteiger partial charge in [-0.05, 0) is 82.0 Å². The Morgan fingerprint density at radius 3 is 1.78 bits per heavy atom. The van der Waals surface area contributed by atoms with Gasteiger partial charge in [-0.1, -0.05) is 63.3 Å². The molecule has 0 aromatic carbocycles. The fourth-order valence-electron chi connectivity index (χ4n) is 4.72. The molecular formula is C23H40. The molecule has 0 heterocycles. The van der Waals surface area contributed by atoms with Crippen LogP contribution in [0, 0.1) is 23.7 Å². The summed E-state index contributed by atoms with van der Waals surface area (Å²) in [7, 11) is 0. The van der Waals surface area contributed by atoms with Gasteiger partial charge in [-0.2, -0.15) is 0 Å². The van der Waals surface area contributed by atoms with Crippen LogP contribution in [-0.2, 0) is 0 Å². The zero-order valence-electron chi connectivity index (χ0n) is 15.8. The molecule has 0 heteroatoms. The first kappa shape index (κ1) is 18.8. The summed E-state index contributed by atoms with van der Waals surface area (Å²) in [5, 5.41) is 0. The second-order valence-corrected chi connectivity index (χ2v) is 8.23. The highest BCUT2D eigenvalue weighted by Gasteiger charge is 2.20. The standard InChI is InChI=1S/C23H40/c1-3-5-6-9-21-16-18-23(19-17-21)11-8-7-10-22-14-12-20(4-2)13-15-22/h3,5,8,11,20-23H,4,6-7,9-10,12-19H2,1-2H3/b5-3+,11-8+/t20-,21-,22-,23-. The number of rotatable bonds is 8. The Morgan fingerprint density at radius 2 is 1.22 bits per heavy atom. The van der Waals surface area contributed by atoms with Gasteiger partial charge in [-0.3, -0.25) is 0 Å². The van der Waals surface area contributed by atoms with Gasteiger partial charge in [0.15, 0.2) is 0 Å². The van der Waals surface area contributed by atoms with Crippen molar-refractivity contribution in [3.8, 4) is 0 Å². The molecule has 2 aliphatic carbocycles. The topological polar surface area (TPSA) is 0 Å². The minimum Gasteiger partial charge on any atom is -0.0917 e. The molecule has 0 atom stereocenters. The van der Waals surface area contributed by atoms with E-state index in [1.807, 2.05) is 0 Å². The van der Waals surface area contributed by atoms with Crippen molar-refractivity contribution in [3.63, 3.8) is 0 Å². The van der Waals surface area contributed by atoms with Crippen molar-refractivity contribution in [2.24, 2.45) is 23.7 Å². The number of allylic oxidation sites excluding steroid dienone is 4. The van der Waals surface area contributed by atoms with Crippen molar-refractivity contribution < 1.29 is 0 Å². The summed E-state index contributed by atoms with van der Waals surface area (Å²) in [5.74, 6) is 3.97. The van der Waals surface area contributed by atoms with E-state index in [9.17, 15) is 0 Å². The Bertz CT molecular complexity index is 335. The number of hydrogen-bond acceptors (Lipinski definition) is 0. The molecule has 0 unspecified atom stereocenters. The van der Waals surface area contributed by atoms with Gasteiger partial charge in [0.2, 0.25) is 0 Å². The first-order valence-corrected chi connectivity index (χ1v) is 10.6. The average Bonchev–Trinajstić information content (AvgIpc) is 2.61. The van der Waals surface area contributed by atoms with E-state index in [4.69, 9.17) is 0 Å². The van der Waals surface area contributed by atoms with Crippen LogP contribution in [0.2, 0.25) is 0 Å². The quantitative estimate of drug-likeness (QED) is 0.402. The van der Waals surface area contributed by atoms with Crippen molar-refractivity contribution in [1.82, 2.24) is 0 Å². The van der Waals surface area contributed by atoms with Crippen molar-refractivity contribution in [2.75, 3.05) is 0 Å². The van der Waals surface area contributed by atoms with Crippen molar-refractivity contribution in [1.29, 1.82) is 0 Å². The lowest BCUT2D eigenvalue weighted by molar-refractivity contribution is 0.259. The molecule has 0 amide bonds. The van der Waals surface area contributed by atoms with Crippen LogP contribution < -0.4 is 0 Å². The predicted octanol–water partition coefficient (Wildman–Crippen LogP) is 7.70. The predicted molar refractivity (Wildman–Crippen MR) is 104 cm³/mol. The maximum atomic E-state index is 2.57. The molecule has 23 heavy (non-hydrogen) atoms. The summed E-state index contributed by atoms with van der Waals surface area (Å²) in [6, 6.07) is 0. The Hall–Kier alpha value is -0.520. The molecule has 0 N–H and O–H groups in total. The first-order valence-electron chi connectivity index (χ1n) is 10.6. The second-order valence-electron chi connectivity index (χ2n) is 8.23. The van der Waals surface area contributed by atoms with Gasteiger partial charge in [-0.15, -0.1) is 0 Å². The Balaban J connectivity index is 1.53. The van der Waals surface area contributed by atoms with Gasteiger partial charge in [0.1, 0.15) is 0 Å². The van der Waals surface area contributed by atoms with E-state index in [0.717, 1.165) is 23.7 Å². The Morgan fingerprint density at radius 1 is 0.696 bits per heavy atom. The van der Waals surface area contributed by atoms with Crippen LogP contribution in [0.5, 0.6) is 0 Å². The van der Waals surface area contributed by atoms with E-state index >= 15 is 0 Å². The van der Waals surface area contributed by atoms with Crippen LogP contribution in [0.1, 0.15) is 97.3 Å². The molecule has 2 rings (SSSR count). The third-order valence-corrected chi connectivity index (χ3v) is 6.56. The summed E-state index contributed by atoms with van der Waals surface area (Å²) < 4.78 is 0. The molecule has 0 aliphatic heterocycles. The maximum Gasteiger partial charge on any atom is -0.0233 e. The zero-order chi connectivity index (χ0) is 16.3. The normalized spacial score (nSPS) is 32.8. The lowest BCUT2D eigenvalue weighted by atomic mass is 9.78. The van der Waals surface area contributed by atoms with Crippen LogP contribution in [0.3, 0.4) is 0 Å². The summed E-state index contributed by atoms with van der Waals surface area (Å²) in [6.07, 6.45) is 28.4. The van der Waals surface area contributed by atoms with Gasteiger partial charge >= 0.3 is 0 Å². The highest BCUT2D eigenvalue weighted by molar-refractivity contribution is 4.92. The Labute approximate surface area is 145 Å². The molecule has 0 spiro atoms. The van der Waals surface area contributed by atoms with E-state index in [-0.39, 0.29) is 0 Å². The average molecular weight is 317 g/mol. The molecule has 0 aromatic rings. The molecular weight excluding hydrogens is 276 g/mol. The molecule has 0 radical (unpaired) electrons. The molecule has 0 aromatic heterocycles. The lowest BCUT2D eigenvalue weighted by Crippen LogP contribution is -2.14. The van der Waals surface area contributed by atoms with Crippen LogP contribution in [0.25, 0.3) is 0 Å². The lowest BCUT2D eigenvalue weighted by Gasteiger charge is -2.28. The van der Waals surface area contributed by atoms with E-state index in [1.165, 1.54) is 83.5 Å². The summed E-state index contributed by atoms with van der Waals surface area (Å²) in [5.41, 5.74) is 0. The van der Waals surface area contributed by atoms with Gasteiger partial charge in [-0.25, -0.2) is 0 Å². The molecule has 2 fully saturated rings. The Kier molecular flexibility index (Phi) is 9.09. The van der Waals surface area contributed by atoms with E-state index in [0.29, 0.717) is 0 Å². The second kappa shape index (κ2) is 11.1. The SMILES string of the molecule is C/C=C/CC[C@H]1CC[C@H](/C=C/CC[C@H]2CC[C@H](CC)CC2)CC1. The maximum absolute atomic E-state index is 2.57. The largest absolute Gasteiger partial charge is 0.0917 e. The van der Waals surface area contributed by atoms with Gasteiger partial charge in [0.05, 0.1) is 0 Å². The van der Waals surface area contributed by atoms with Crippen LogP contribution in [0.15, 0.2) is 24.3 Å². The smallest absolute Gasteiger partial charge is 0.0233 e. The monoisotopic (exact) mass is 316 g/mol. The van der Waals surface area contributed by atoms with E-state index < -0.39 is 0 Å². The van der Waals surface area contributed by atoms with Crippen molar-refractivity contribution in [3.05, 3.63) is 24.3 Å². The molecule has 2 aliphatic rings. The minimum atomic E-state index is 0.892. The zero-order valence-corrected chi connectivity index (χ0v) is 15.8. The van der Waals surface area contributed by atoms with Crippen LogP contribution >= 0.6 is 0 Å². The third kappa shape index (κ3) is 7.27. The third-order valence-electron chi connectivity index (χ3n) is 6.56. The number of hydrogen-bond donors (Lipinski definition) is 0. The molecule has 0 bridgehead atoms. The highest BCUT2D eigenvalue weighted by atomic mass is 14.3. The van der Waals surface area contributed by atoms with Crippen molar-refractivity contribution >= 4 is 0 Å². The molecule has 0 saturated heterocycles. The van der Waals surface area contributed by atoms with Gasteiger partial charge in [0.25, 0.3) is 0 Å². The summed E-state index contributed by atoms with van der Waals surface area (Å²) >= 11 is 0. The fraction of sp³-hybridized carbons (Fsp3) is 0.826. The fourth-order valence-corrected chi connectivity index (χ4v) is 4.72. The molecule has 132 valence electrons. The first-order chi connectivity index (χ1) is 11.3. The van der Waals surface area contributed by atoms with Crippen LogP contribution in [0.4, 0.5) is 0 Å². The van der Waals surface area contributed by atoms with Gasteiger partial charge < -0.3 is 0 Å². The molecule has 2 saturated carbocycles.